The van der Waals surface area contributed by atoms with Crippen molar-refractivity contribution in [1.82, 2.24) is 10.3 Å². The van der Waals surface area contributed by atoms with E-state index in [-0.39, 0.29) is 17.0 Å². The van der Waals surface area contributed by atoms with E-state index in [1.807, 2.05) is 10.3 Å². The van der Waals surface area contributed by atoms with Crippen molar-refractivity contribution < 1.29 is 22.5 Å². The van der Waals surface area contributed by atoms with E-state index < -0.39 is 26.7 Å². The molecule has 0 bridgehead atoms. The number of hydrazine groups is 1. The van der Waals surface area contributed by atoms with Crippen molar-refractivity contribution in [3.63, 3.8) is 0 Å². The SMILES string of the molecule is Cc1ccc(S(=O)(=O)NNC(=O)Cc2cccc(F)c2)cc1[N+](=O)[O-]. The lowest BCUT2D eigenvalue weighted by Crippen LogP contribution is -2.42. The van der Waals surface area contributed by atoms with Crippen LogP contribution in [-0.4, -0.2) is 19.2 Å². The summed E-state index contributed by atoms with van der Waals surface area (Å²) in [4.78, 5) is 23.4. The van der Waals surface area contributed by atoms with Crippen LogP contribution < -0.4 is 10.3 Å². The molecule has 2 aromatic rings. The molecule has 0 saturated heterocycles. The molecule has 1 amide bonds. The van der Waals surface area contributed by atoms with E-state index in [1.54, 1.807) is 0 Å². The third-order valence-corrected chi connectivity index (χ3v) is 4.51. The Morgan fingerprint density at radius 1 is 1.24 bits per heavy atom. The molecular formula is C15H14FN3O5S. The first-order valence-corrected chi connectivity index (χ1v) is 8.47. The second kappa shape index (κ2) is 7.36. The summed E-state index contributed by atoms with van der Waals surface area (Å²) in [6.45, 7) is 1.47. The van der Waals surface area contributed by atoms with Gasteiger partial charge in [0.05, 0.1) is 16.2 Å². The number of aryl methyl sites for hydroxylation is 1. The van der Waals surface area contributed by atoms with Gasteiger partial charge in [0.25, 0.3) is 15.7 Å². The molecule has 8 nitrogen and oxygen atoms in total. The molecule has 0 atom stereocenters. The van der Waals surface area contributed by atoms with Crippen LogP contribution in [0.25, 0.3) is 0 Å². The van der Waals surface area contributed by atoms with Crippen molar-refractivity contribution in [1.29, 1.82) is 0 Å². The van der Waals surface area contributed by atoms with Gasteiger partial charge in [0.1, 0.15) is 5.82 Å². The van der Waals surface area contributed by atoms with Crippen LogP contribution in [-0.2, 0) is 21.2 Å². The monoisotopic (exact) mass is 367 g/mol. The Labute approximate surface area is 142 Å². The molecule has 2 aromatic carbocycles. The van der Waals surface area contributed by atoms with Crippen molar-refractivity contribution in [3.05, 3.63) is 69.5 Å². The topological polar surface area (TPSA) is 118 Å². The lowest BCUT2D eigenvalue weighted by molar-refractivity contribution is -0.385. The number of hydrogen-bond donors (Lipinski definition) is 2. The van der Waals surface area contributed by atoms with Gasteiger partial charge >= 0.3 is 0 Å². The lowest BCUT2D eigenvalue weighted by atomic mass is 10.1. The van der Waals surface area contributed by atoms with Gasteiger partial charge in [0, 0.05) is 11.6 Å². The second-order valence-corrected chi connectivity index (χ2v) is 6.85. The zero-order valence-electron chi connectivity index (χ0n) is 13.0. The van der Waals surface area contributed by atoms with Crippen molar-refractivity contribution in [2.75, 3.05) is 0 Å². The number of nitro groups is 1. The fraction of sp³-hybridized carbons (Fsp3) is 0.133. The Morgan fingerprint density at radius 3 is 2.60 bits per heavy atom. The van der Waals surface area contributed by atoms with Crippen LogP contribution in [0.5, 0.6) is 0 Å². The van der Waals surface area contributed by atoms with Gasteiger partial charge < -0.3 is 0 Å². The Morgan fingerprint density at radius 2 is 1.96 bits per heavy atom. The van der Waals surface area contributed by atoms with E-state index in [2.05, 4.69) is 0 Å². The van der Waals surface area contributed by atoms with E-state index >= 15 is 0 Å². The van der Waals surface area contributed by atoms with E-state index in [9.17, 15) is 27.7 Å². The minimum absolute atomic E-state index is 0.242. The zero-order chi connectivity index (χ0) is 18.6. The standard InChI is InChI=1S/C15H14FN3O5S/c1-10-5-6-13(9-14(10)19(21)22)25(23,24)18-17-15(20)8-11-3-2-4-12(16)7-11/h2-7,9,18H,8H2,1H3,(H,17,20). The molecule has 0 unspecified atom stereocenters. The summed E-state index contributed by atoms with van der Waals surface area (Å²) in [5.41, 5.74) is 2.30. The summed E-state index contributed by atoms with van der Waals surface area (Å²) in [7, 11) is -4.19. The Kier molecular flexibility index (Phi) is 5.45. The molecule has 0 heterocycles. The summed E-state index contributed by atoms with van der Waals surface area (Å²) in [5.74, 6) is -1.23. The van der Waals surface area contributed by atoms with Crippen LogP contribution in [0.4, 0.5) is 10.1 Å². The smallest absolute Gasteiger partial charge is 0.273 e. The van der Waals surface area contributed by atoms with Crippen LogP contribution in [0.1, 0.15) is 11.1 Å². The van der Waals surface area contributed by atoms with Crippen LogP contribution in [0, 0.1) is 22.9 Å². The molecule has 0 aromatic heterocycles. The normalized spacial score (nSPS) is 11.1. The number of carbonyl (C=O) groups is 1. The Balaban J connectivity index is 2.07. The molecule has 0 aliphatic heterocycles. The van der Waals surface area contributed by atoms with Gasteiger partial charge in [-0.2, -0.15) is 0 Å². The molecule has 0 aliphatic carbocycles. The number of carbonyl (C=O) groups excluding carboxylic acids is 1. The molecule has 10 heteroatoms. The number of sulfonamides is 1. The van der Waals surface area contributed by atoms with Gasteiger partial charge in [-0.25, -0.2) is 12.8 Å². The molecule has 0 radical (unpaired) electrons. The predicted molar refractivity (Wildman–Crippen MR) is 86.4 cm³/mol. The highest BCUT2D eigenvalue weighted by Crippen LogP contribution is 2.21. The molecule has 2 rings (SSSR count). The fourth-order valence-electron chi connectivity index (χ4n) is 2.01. The van der Waals surface area contributed by atoms with Gasteiger partial charge in [0.15, 0.2) is 0 Å². The van der Waals surface area contributed by atoms with Gasteiger partial charge in [-0.3, -0.25) is 20.3 Å². The van der Waals surface area contributed by atoms with E-state index in [4.69, 9.17) is 0 Å². The fourth-order valence-corrected chi connectivity index (χ4v) is 2.89. The number of benzene rings is 2. The van der Waals surface area contributed by atoms with Crippen molar-refractivity contribution >= 4 is 21.6 Å². The van der Waals surface area contributed by atoms with E-state index in [1.165, 1.54) is 37.3 Å². The quantitative estimate of drug-likeness (QED) is 0.594. The minimum atomic E-state index is -4.19. The highest BCUT2D eigenvalue weighted by Gasteiger charge is 2.20. The molecule has 2 N–H and O–H groups in total. The maximum Gasteiger partial charge on any atom is 0.273 e. The van der Waals surface area contributed by atoms with Crippen LogP contribution >= 0.6 is 0 Å². The molecular weight excluding hydrogens is 353 g/mol. The number of halogens is 1. The number of amides is 1. The highest BCUT2D eigenvalue weighted by molar-refractivity contribution is 7.89. The first-order valence-electron chi connectivity index (χ1n) is 6.99. The van der Waals surface area contributed by atoms with Crippen molar-refractivity contribution in [2.24, 2.45) is 0 Å². The number of nitrogens with one attached hydrogen (secondary N) is 2. The number of nitro benzene ring substituents is 1. The third kappa shape index (κ3) is 4.81. The molecule has 25 heavy (non-hydrogen) atoms. The van der Waals surface area contributed by atoms with Crippen molar-refractivity contribution in [3.8, 4) is 0 Å². The molecule has 0 fully saturated rings. The van der Waals surface area contributed by atoms with Gasteiger partial charge in [-0.05, 0) is 30.7 Å². The molecule has 0 spiro atoms. The molecule has 0 aliphatic rings. The van der Waals surface area contributed by atoms with Crippen LogP contribution in [0.2, 0.25) is 0 Å². The summed E-state index contributed by atoms with van der Waals surface area (Å²) in [5, 5.41) is 10.9. The van der Waals surface area contributed by atoms with Crippen LogP contribution in [0.15, 0.2) is 47.4 Å². The summed E-state index contributed by atoms with van der Waals surface area (Å²) in [6.07, 6.45) is -0.242. The van der Waals surface area contributed by atoms with Crippen molar-refractivity contribution in [2.45, 2.75) is 18.2 Å². The summed E-state index contributed by atoms with van der Waals surface area (Å²) >= 11 is 0. The Hall–Kier alpha value is -2.85. The molecule has 0 saturated carbocycles. The Bertz CT molecular complexity index is 931. The second-order valence-electron chi connectivity index (χ2n) is 5.17. The predicted octanol–water partition coefficient (Wildman–Crippen LogP) is 1.59. The van der Waals surface area contributed by atoms with Gasteiger partial charge in [0.2, 0.25) is 5.91 Å². The number of rotatable bonds is 6. The highest BCUT2D eigenvalue weighted by atomic mass is 32.2. The van der Waals surface area contributed by atoms with Gasteiger partial charge in [-0.1, -0.05) is 18.2 Å². The first-order chi connectivity index (χ1) is 11.7. The first kappa shape index (κ1) is 18.5. The van der Waals surface area contributed by atoms with Gasteiger partial charge in [-0.15, -0.1) is 4.83 Å². The minimum Gasteiger partial charge on any atom is -0.277 e. The maximum absolute atomic E-state index is 13.1. The number of nitrogens with zero attached hydrogens (tertiary/aromatic N) is 1. The largest absolute Gasteiger partial charge is 0.277 e. The number of hydrogen-bond acceptors (Lipinski definition) is 5. The van der Waals surface area contributed by atoms with E-state index in [0.29, 0.717) is 11.1 Å². The average Bonchev–Trinajstić information content (AvgIpc) is 2.53. The summed E-state index contributed by atoms with van der Waals surface area (Å²) in [6, 6.07) is 8.68. The van der Waals surface area contributed by atoms with Crippen LogP contribution in [0.3, 0.4) is 0 Å². The third-order valence-electron chi connectivity index (χ3n) is 3.27. The van der Waals surface area contributed by atoms with E-state index in [0.717, 1.165) is 12.1 Å². The zero-order valence-corrected chi connectivity index (χ0v) is 13.8. The molecule has 132 valence electrons. The average molecular weight is 367 g/mol. The lowest BCUT2D eigenvalue weighted by Gasteiger charge is -2.09. The summed E-state index contributed by atoms with van der Waals surface area (Å²) < 4.78 is 37.3. The maximum atomic E-state index is 13.1.